The van der Waals surface area contributed by atoms with E-state index in [2.05, 4.69) is 10.0 Å². The fourth-order valence-electron chi connectivity index (χ4n) is 1.41. The van der Waals surface area contributed by atoms with Crippen LogP contribution in [0.5, 0.6) is 0 Å². The summed E-state index contributed by atoms with van der Waals surface area (Å²) in [6.45, 7) is 1.74. The lowest BCUT2D eigenvalue weighted by atomic mass is 10.00. The maximum Gasteiger partial charge on any atom is 0.307 e. The highest BCUT2D eigenvalue weighted by Gasteiger charge is 2.10. The second-order valence-corrected chi connectivity index (χ2v) is 3.15. The van der Waals surface area contributed by atoms with Crippen LogP contribution in [-0.4, -0.2) is 11.1 Å². The molecule has 1 unspecified atom stereocenters. The summed E-state index contributed by atoms with van der Waals surface area (Å²) in [5, 5.41) is 12.2. The maximum atomic E-state index is 10.6. The molecule has 0 aliphatic carbocycles. The standard InChI is InChI=1S/C10H11N3O2/c1-7(12-13-11)9-5-3-2-4-8(9)6-10(14)15/h2-5,7H,6H2,1H3,(H,14,15). The number of rotatable bonds is 4. The predicted molar refractivity (Wildman–Crippen MR) is 55.3 cm³/mol. The first-order chi connectivity index (χ1) is 7.15. The largest absolute Gasteiger partial charge is 0.481 e. The Morgan fingerprint density at radius 2 is 2.27 bits per heavy atom. The SMILES string of the molecule is CC(N=[N+]=[N-])c1ccccc1CC(=O)O. The summed E-state index contributed by atoms with van der Waals surface area (Å²) < 4.78 is 0. The molecule has 0 radical (unpaired) electrons. The van der Waals surface area contributed by atoms with Crippen molar-refractivity contribution < 1.29 is 9.90 Å². The number of aliphatic carboxylic acids is 1. The number of hydrogen-bond acceptors (Lipinski definition) is 2. The van der Waals surface area contributed by atoms with Gasteiger partial charge < -0.3 is 5.11 Å². The normalized spacial score (nSPS) is 11.5. The quantitative estimate of drug-likeness (QED) is 0.465. The van der Waals surface area contributed by atoms with Gasteiger partial charge in [-0.15, -0.1) is 0 Å². The third-order valence-corrected chi connectivity index (χ3v) is 2.07. The first-order valence-corrected chi connectivity index (χ1v) is 4.49. The molecule has 1 atom stereocenters. The van der Waals surface area contributed by atoms with Crippen molar-refractivity contribution in [2.75, 3.05) is 0 Å². The molecule has 0 aliphatic rings. The Hall–Kier alpha value is -2.00. The number of nitrogens with zero attached hydrogens (tertiary/aromatic N) is 3. The Balaban J connectivity index is 3.05. The minimum Gasteiger partial charge on any atom is -0.481 e. The van der Waals surface area contributed by atoms with E-state index in [1.807, 2.05) is 0 Å². The summed E-state index contributed by atoms with van der Waals surface area (Å²) in [4.78, 5) is 13.3. The van der Waals surface area contributed by atoms with Crippen LogP contribution in [0.4, 0.5) is 0 Å². The van der Waals surface area contributed by atoms with Crippen LogP contribution >= 0.6 is 0 Å². The minimum atomic E-state index is -0.893. The lowest BCUT2D eigenvalue weighted by Gasteiger charge is -2.10. The summed E-state index contributed by atoms with van der Waals surface area (Å²) >= 11 is 0. The Kier molecular flexibility index (Phi) is 3.71. The Bertz CT molecular complexity index is 411. The molecule has 0 amide bonds. The van der Waals surface area contributed by atoms with Gasteiger partial charge in [0.05, 0.1) is 12.5 Å². The van der Waals surface area contributed by atoms with E-state index >= 15 is 0 Å². The van der Waals surface area contributed by atoms with Crippen LogP contribution in [0.3, 0.4) is 0 Å². The molecule has 1 rings (SSSR count). The van der Waals surface area contributed by atoms with E-state index in [0.717, 1.165) is 5.56 Å². The molecule has 0 fully saturated rings. The third kappa shape index (κ3) is 3.00. The zero-order chi connectivity index (χ0) is 11.3. The zero-order valence-corrected chi connectivity index (χ0v) is 8.29. The molecule has 5 nitrogen and oxygen atoms in total. The van der Waals surface area contributed by atoms with Crippen molar-refractivity contribution in [1.29, 1.82) is 0 Å². The van der Waals surface area contributed by atoms with Gasteiger partial charge in [0.1, 0.15) is 0 Å². The fourth-order valence-corrected chi connectivity index (χ4v) is 1.41. The molecule has 0 saturated heterocycles. The van der Waals surface area contributed by atoms with Gasteiger partial charge in [0.2, 0.25) is 0 Å². The van der Waals surface area contributed by atoms with Crippen molar-refractivity contribution in [2.45, 2.75) is 19.4 Å². The zero-order valence-electron chi connectivity index (χ0n) is 8.29. The van der Waals surface area contributed by atoms with E-state index in [4.69, 9.17) is 10.6 Å². The molecule has 15 heavy (non-hydrogen) atoms. The highest BCUT2D eigenvalue weighted by molar-refractivity contribution is 5.70. The van der Waals surface area contributed by atoms with Gasteiger partial charge in [-0.1, -0.05) is 36.3 Å². The lowest BCUT2D eigenvalue weighted by Crippen LogP contribution is -2.04. The Morgan fingerprint density at radius 1 is 1.60 bits per heavy atom. The molecule has 0 aliphatic heterocycles. The van der Waals surface area contributed by atoms with Gasteiger partial charge in [-0.2, -0.15) is 0 Å². The van der Waals surface area contributed by atoms with Crippen LogP contribution < -0.4 is 0 Å². The van der Waals surface area contributed by atoms with Gasteiger partial charge in [0.15, 0.2) is 0 Å². The molecule has 78 valence electrons. The summed E-state index contributed by atoms with van der Waals surface area (Å²) in [6, 6.07) is 6.73. The minimum absolute atomic E-state index is 0.0541. The monoisotopic (exact) mass is 205 g/mol. The molecule has 0 spiro atoms. The number of carboxylic acids is 1. The average Bonchev–Trinajstić information content (AvgIpc) is 2.18. The Labute approximate surface area is 87.0 Å². The molecule has 1 aromatic rings. The van der Waals surface area contributed by atoms with Crippen LogP contribution in [0.25, 0.3) is 10.4 Å². The molecule has 5 heteroatoms. The van der Waals surface area contributed by atoms with Crippen LogP contribution in [0.2, 0.25) is 0 Å². The molecule has 0 bridgehead atoms. The smallest absolute Gasteiger partial charge is 0.307 e. The Morgan fingerprint density at radius 3 is 2.87 bits per heavy atom. The van der Waals surface area contributed by atoms with Gasteiger partial charge in [-0.05, 0) is 16.7 Å². The number of carboxylic acid groups (broad SMARTS) is 1. The number of hydrogen-bond donors (Lipinski definition) is 1. The van der Waals surface area contributed by atoms with E-state index < -0.39 is 5.97 Å². The second-order valence-electron chi connectivity index (χ2n) is 3.15. The molecule has 0 aromatic heterocycles. The van der Waals surface area contributed by atoms with E-state index in [1.54, 1.807) is 31.2 Å². The van der Waals surface area contributed by atoms with Gasteiger partial charge in [0.25, 0.3) is 0 Å². The fraction of sp³-hybridized carbons (Fsp3) is 0.300. The predicted octanol–water partition coefficient (Wildman–Crippen LogP) is 2.69. The topological polar surface area (TPSA) is 86.1 Å². The first-order valence-electron chi connectivity index (χ1n) is 4.49. The molecule has 1 aromatic carbocycles. The maximum absolute atomic E-state index is 10.6. The van der Waals surface area contributed by atoms with Crippen LogP contribution in [-0.2, 0) is 11.2 Å². The van der Waals surface area contributed by atoms with Crippen molar-refractivity contribution in [3.8, 4) is 0 Å². The van der Waals surface area contributed by atoms with Crippen LogP contribution in [0.1, 0.15) is 24.1 Å². The average molecular weight is 205 g/mol. The summed E-state index contributed by atoms with van der Waals surface area (Å²) in [5.74, 6) is -0.893. The van der Waals surface area contributed by atoms with E-state index in [0.29, 0.717) is 5.56 Å². The van der Waals surface area contributed by atoms with Gasteiger partial charge in [0, 0.05) is 4.91 Å². The van der Waals surface area contributed by atoms with Crippen molar-refractivity contribution in [3.63, 3.8) is 0 Å². The van der Waals surface area contributed by atoms with Crippen LogP contribution in [0, 0.1) is 0 Å². The first kappa shape index (κ1) is 11.1. The molecular formula is C10H11N3O2. The van der Waals surface area contributed by atoms with Crippen molar-refractivity contribution in [1.82, 2.24) is 0 Å². The molecule has 0 saturated carbocycles. The third-order valence-electron chi connectivity index (χ3n) is 2.07. The summed E-state index contributed by atoms with van der Waals surface area (Å²) in [6.07, 6.45) is -0.0541. The van der Waals surface area contributed by atoms with Crippen molar-refractivity contribution in [2.24, 2.45) is 5.11 Å². The van der Waals surface area contributed by atoms with E-state index in [1.165, 1.54) is 0 Å². The van der Waals surface area contributed by atoms with Gasteiger partial charge in [-0.3, -0.25) is 4.79 Å². The summed E-state index contributed by atoms with van der Waals surface area (Å²) in [7, 11) is 0. The number of benzene rings is 1. The number of azide groups is 1. The summed E-state index contributed by atoms with van der Waals surface area (Å²) in [5.41, 5.74) is 9.76. The number of carbonyl (C=O) groups is 1. The van der Waals surface area contributed by atoms with Gasteiger partial charge in [-0.25, -0.2) is 0 Å². The van der Waals surface area contributed by atoms with E-state index in [9.17, 15) is 4.79 Å². The lowest BCUT2D eigenvalue weighted by molar-refractivity contribution is -0.136. The highest BCUT2D eigenvalue weighted by atomic mass is 16.4. The second kappa shape index (κ2) is 5.02. The van der Waals surface area contributed by atoms with Crippen LogP contribution in [0.15, 0.2) is 29.4 Å². The van der Waals surface area contributed by atoms with Crippen molar-refractivity contribution >= 4 is 5.97 Å². The van der Waals surface area contributed by atoms with E-state index in [-0.39, 0.29) is 12.5 Å². The highest BCUT2D eigenvalue weighted by Crippen LogP contribution is 2.21. The molecule has 1 N–H and O–H groups in total. The molecular weight excluding hydrogens is 194 g/mol. The molecule has 0 heterocycles. The van der Waals surface area contributed by atoms with Gasteiger partial charge >= 0.3 is 5.97 Å². The van der Waals surface area contributed by atoms with Crippen molar-refractivity contribution in [3.05, 3.63) is 45.8 Å².